The molecule has 0 aliphatic carbocycles. The van der Waals surface area contributed by atoms with Crippen LogP contribution in [-0.4, -0.2) is 64.8 Å². The van der Waals surface area contributed by atoms with Crippen molar-refractivity contribution in [2.45, 2.75) is 64.3 Å². The standard InChI is InChI=1S/C37H44N4O6.ClH/c1-2-46-34(43)19-22-38-33(42)27-41-36(44)31-17-9-10-18-32(31)40(37(41)45)24-12-11-23-39-25-20-30(21-26-39)47-35(28-13-5-3-6-14-28)29-15-7-4-8-16-29;/h3-10,13-18,30,35H,2,11-12,19-27H2,1H3,(H,38,42);1H. The molecule has 1 fully saturated rings. The van der Waals surface area contributed by atoms with Gasteiger partial charge in [0.2, 0.25) is 5.91 Å². The van der Waals surface area contributed by atoms with Gasteiger partial charge in [-0.2, -0.15) is 0 Å². The summed E-state index contributed by atoms with van der Waals surface area (Å²) in [5, 5.41) is 2.99. The first kappa shape index (κ1) is 36.6. The van der Waals surface area contributed by atoms with Gasteiger partial charge in [0, 0.05) is 26.2 Å². The van der Waals surface area contributed by atoms with Gasteiger partial charge in [-0.3, -0.25) is 23.5 Å². The van der Waals surface area contributed by atoms with E-state index in [0.717, 1.165) is 61.0 Å². The van der Waals surface area contributed by atoms with Crippen LogP contribution in [0, 0.1) is 0 Å². The monoisotopic (exact) mass is 676 g/mol. The predicted octanol–water partition coefficient (Wildman–Crippen LogP) is 4.71. The Morgan fingerprint density at radius 3 is 2.08 bits per heavy atom. The van der Waals surface area contributed by atoms with Crippen LogP contribution in [0.2, 0.25) is 0 Å². The molecule has 0 saturated carbocycles. The van der Waals surface area contributed by atoms with Gasteiger partial charge in [-0.1, -0.05) is 72.8 Å². The van der Waals surface area contributed by atoms with E-state index in [1.165, 1.54) is 0 Å². The number of ether oxygens (including phenoxy) is 2. The number of unbranched alkanes of at least 4 members (excludes halogenated alkanes) is 1. The molecule has 0 bridgehead atoms. The number of piperidine rings is 1. The second kappa shape index (κ2) is 18.3. The number of carbonyl (C=O) groups excluding carboxylic acids is 2. The van der Waals surface area contributed by atoms with Crippen LogP contribution >= 0.6 is 12.4 Å². The summed E-state index contributed by atoms with van der Waals surface area (Å²) in [6.07, 6.45) is 3.62. The van der Waals surface area contributed by atoms with Crippen LogP contribution in [0.1, 0.15) is 56.3 Å². The Morgan fingerprint density at radius 1 is 0.833 bits per heavy atom. The van der Waals surface area contributed by atoms with Crippen molar-refractivity contribution >= 4 is 35.2 Å². The van der Waals surface area contributed by atoms with Crippen LogP contribution in [0.4, 0.5) is 0 Å². The van der Waals surface area contributed by atoms with Crippen LogP contribution in [-0.2, 0) is 32.2 Å². The van der Waals surface area contributed by atoms with E-state index in [9.17, 15) is 19.2 Å². The Balaban J connectivity index is 0.00000520. The number of likely N-dealkylation sites (tertiary alicyclic amines) is 1. The van der Waals surface area contributed by atoms with Crippen molar-refractivity contribution < 1.29 is 19.1 Å². The van der Waals surface area contributed by atoms with Gasteiger partial charge in [-0.05, 0) is 62.4 Å². The minimum Gasteiger partial charge on any atom is -0.466 e. The number of rotatable bonds is 15. The number of hydrogen-bond acceptors (Lipinski definition) is 7. The van der Waals surface area contributed by atoms with Crippen molar-refractivity contribution in [3.8, 4) is 0 Å². The maximum atomic E-state index is 13.5. The summed E-state index contributed by atoms with van der Waals surface area (Å²) in [5.74, 6) is -0.933. The third kappa shape index (κ3) is 9.65. The molecule has 2 heterocycles. The normalized spacial score (nSPS) is 13.7. The fourth-order valence-corrected chi connectivity index (χ4v) is 6.14. The fraction of sp³-hybridized carbons (Fsp3) is 0.405. The lowest BCUT2D eigenvalue weighted by atomic mass is 10.00. The second-order valence-electron chi connectivity index (χ2n) is 11.8. The van der Waals surface area contributed by atoms with E-state index in [4.69, 9.17) is 9.47 Å². The van der Waals surface area contributed by atoms with Gasteiger partial charge < -0.3 is 19.7 Å². The number of hydrogen-bond donors (Lipinski definition) is 1. The van der Waals surface area contributed by atoms with E-state index < -0.39 is 29.7 Å². The summed E-state index contributed by atoms with van der Waals surface area (Å²) < 4.78 is 14.1. The minimum absolute atomic E-state index is 0. The van der Waals surface area contributed by atoms with Crippen LogP contribution in [0.25, 0.3) is 10.9 Å². The average Bonchev–Trinajstić information content (AvgIpc) is 3.10. The highest BCUT2D eigenvalue weighted by molar-refractivity contribution is 5.85. The molecule has 5 rings (SSSR count). The van der Waals surface area contributed by atoms with E-state index in [0.29, 0.717) is 17.4 Å². The van der Waals surface area contributed by atoms with E-state index in [1.54, 1.807) is 35.8 Å². The van der Waals surface area contributed by atoms with Gasteiger partial charge in [-0.15, -0.1) is 12.4 Å². The summed E-state index contributed by atoms with van der Waals surface area (Å²) in [6, 6.07) is 27.7. The zero-order valence-corrected chi connectivity index (χ0v) is 28.2. The summed E-state index contributed by atoms with van der Waals surface area (Å²) in [6.45, 7) is 4.84. The summed E-state index contributed by atoms with van der Waals surface area (Å²) in [5.41, 5.74) is 1.85. The molecule has 1 amide bonds. The van der Waals surface area contributed by atoms with E-state index in [1.807, 2.05) is 12.1 Å². The van der Waals surface area contributed by atoms with Crippen molar-refractivity contribution in [3.63, 3.8) is 0 Å². The zero-order valence-electron chi connectivity index (χ0n) is 27.4. The predicted molar refractivity (Wildman–Crippen MR) is 188 cm³/mol. The van der Waals surface area contributed by atoms with Gasteiger partial charge in [0.05, 0.1) is 30.0 Å². The quantitative estimate of drug-likeness (QED) is 0.144. The van der Waals surface area contributed by atoms with E-state index in [2.05, 4.69) is 58.7 Å². The van der Waals surface area contributed by atoms with Crippen molar-refractivity contribution in [1.82, 2.24) is 19.4 Å². The Kier molecular flexibility index (Phi) is 14.0. The lowest BCUT2D eigenvalue weighted by molar-refractivity contribution is -0.143. The van der Waals surface area contributed by atoms with Gasteiger partial charge in [0.1, 0.15) is 12.6 Å². The molecular weight excluding hydrogens is 632 g/mol. The lowest BCUT2D eigenvalue weighted by Crippen LogP contribution is -2.44. The molecule has 10 nitrogen and oxygen atoms in total. The minimum atomic E-state index is -0.515. The molecule has 1 aliphatic heterocycles. The number of aromatic nitrogens is 2. The molecule has 256 valence electrons. The number of para-hydroxylation sites is 1. The molecule has 0 unspecified atom stereocenters. The summed E-state index contributed by atoms with van der Waals surface area (Å²) >= 11 is 0. The van der Waals surface area contributed by atoms with Crippen LogP contribution in [0.3, 0.4) is 0 Å². The number of carbonyl (C=O) groups is 2. The molecule has 1 aliphatic rings. The van der Waals surface area contributed by atoms with Gasteiger partial charge in [0.15, 0.2) is 0 Å². The molecular formula is C37H45ClN4O6. The highest BCUT2D eigenvalue weighted by Gasteiger charge is 2.25. The van der Waals surface area contributed by atoms with E-state index >= 15 is 0 Å². The molecule has 3 aromatic carbocycles. The number of aryl methyl sites for hydroxylation is 1. The van der Waals surface area contributed by atoms with Crippen LogP contribution in [0.15, 0.2) is 94.5 Å². The number of nitrogens with zero attached hydrogens (tertiary/aromatic N) is 3. The van der Waals surface area contributed by atoms with Gasteiger partial charge >= 0.3 is 11.7 Å². The molecule has 0 atom stereocenters. The number of amides is 1. The van der Waals surface area contributed by atoms with Gasteiger partial charge in [0.25, 0.3) is 5.56 Å². The average molecular weight is 677 g/mol. The molecule has 11 heteroatoms. The highest BCUT2D eigenvalue weighted by atomic mass is 35.5. The molecule has 0 radical (unpaired) electrons. The first-order chi connectivity index (χ1) is 22.9. The highest BCUT2D eigenvalue weighted by Crippen LogP contribution is 2.30. The zero-order chi connectivity index (χ0) is 33.0. The maximum Gasteiger partial charge on any atom is 0.331 e. The SMILES string of the molecule is CCOC(=O)CCNC(=O)Cn1c(=O)c2ccccc2n(CCCCN2CCC(OC(c3ccccc3)c3ccccc3)CC2)c1=O.Cl. The van der Waals surface area contributed by atoms with Crippen molar-refractivity contribution in [2.75, 3.05) is 32.8 Å². The molecule has 48 heavy (non-hydrogen) atoms. The Hall–Kier alpha value is -4.25. The Bertz CT molecular complexity index is 1700. The first-order valence-electron chi connectivity index (χ1n) is 16.6. The molecule has 1 N–H and O–H groups in total. The smallest absolute Gasteiger partial charge is 0.331 e. The maximum absolute atomic E-state index is 13.5. The second-order valence-corrected chi connectivity index (χ2v) is 11.8. The number of nitrogens with one attached hydrogen (secondary N) is 1. The molecule has 0 spiro atoms. The summed E-state index contributed by atoms with van der Waals surface area (Å²) in [7, 11) is 0. The van der Waals surface area contributed by atoms with Crippen molar-refractivity contribution in [1.29, 1.82) is 0 Å². The Morgan fingerprint density at radius 2 is 1.44 bits per heavy atom. The van der Waals surface area contributed by atoms with Crippen molar-refractivity contribution in [3.05, 3.63) is 117 Å². The fourth-order valence-electron chi connectivity index (χ4n) is 6.14. The van der Waals surface area contributed by atoms with E-state index in [-0.39, 0.29) is 44.2 Å². The largest absolute Gasteiger partial charge is 0.466 e. The van der Waals surface area contributed by atoms with Crippen LogP contribution in [0.5, 0.6) is 0 Å². The third-order valence-corrected chi connectivity index (χ3v) is 8.56. The topological polar surface area (TPSA) is 112 Å². The number of esters is 1. The molecule has 4 aromatic rings. The Labute approximate surface area is 287 Å². The number of fused-ring (bicyclic) bond motifs is 1. The number of benzene rings is 3. The molecule has 1 aromatic heterocycles. The number of halogens is 1. The first-order valence-corrected chi connectivity index (χ1v) is 16.6. The van der Waals surface area contributed by atoms with Gasteiger partial charge in [-0.25, -0.2) is 4.79 Å². The lowest BCUT2D eigenvalue weighted by Gasteiger charge is -2.34. The van der Waals surface area contributed by atoms with Crippen LogP contribution < -0.4 is 16.6 Å². The van der Waals surface area contributed by atoms with Crippen molar-refractivity contribution in [2.24, 2.45) is 0 Å². The third-order valence-electron chi connectivity index (χ3n) is 8.56. The molecule has 1 saturated heterocycles. The summed E-state index contributed by atoms with van der Waals surface area (Å²) in [4.78, 5) is 53.2.